The summed E-state index contributed by atoms with van der Waals surface area (Å²) in [6, 6.07) is 6.03. The number of carbonyl (C=O) groups is 1. The minimum Gasteiger partial charge on any atom is -0.502 e. The second kappa shape index (κ2) is 9.82. The summed E-state index contributed by atoms with van der Waals surface area (Å²) in [4.78, 5) is 34.2. The number of non-ortho nitro benzene ring substituents is 1. The number of benzene rings is 1. The van der Waals surface area contributed by atoms with Crippen molar-refractivity contribution in [1.82, 2.24) is 4.98 Å². The average molecular weight is 408 g/mol. The van der Waals surface area contributed by atoms with E-state index in [1.807, 2.05) is 0 Å². The van der Waals surface area contributed by atoms with E-state index in [0.717, 1.165) is 12.1 Å². The first-order valence-electron chi connectivity index (χ1n) is 8.05. The topological polar surface area (TPSA) is 167 Å². The van der Waals surface area contributed by atoms with Crippen LogP contribution in [-0.2, 0) is 4.74 Å². The Kier molecular flexibility index (Phi) is 7.82. The number of methoxy groups -OCH3 is 1. The van der Waals surface area contributed by atoms with Crippen molar-refractivity contribution >= 4 is 23.3 Å². The molecule has 2 N–H and O–H groups in total. The maximum Gasteiger partial charge on any atom is 0.413 e. The Labute approximate surface area is 165 Å². The molecule has 1 amide bonds. The van der Waals surface area contributed by atoms with E-state index in [1.165, 1.54) is 7.11 Å². The second-order valence-corrected chi connectivity index (χ2v) is 6.37. The zero-order valence-corrected chi connectivity index (χ0v) is 16.1. The Morgan fingerprint density at radius 2 is 1.83 bits per heavy atom. The predicted octanol–water partition coefficient (Wildman–Crippen LogP) is 3.65. The standard InChI is InChI=1S/C11H16N2O3.C6H4N2O5/c1-11(2,3)16-10(14)13-9-8(15-4)6-5-7-12-9;9-6-2-1-4(7(10)11)3-5(6)8(12)13/h5-7H,1-4H3,(H,12,13,14);1-3,9H. The lowest BCUT2D eigenvalue weighted by molar-refractivity contribution is -0.394. The minimum atomic E-state index is -0.887. The normalized spacial score (nSPS) is 10.2. The van der Waals surface area contributed by atoms with E-state index in [2.05, 4.69) is 10.3 Å². The van der Waals surface area contributed by atoms with E-state index in [1.54, 1.807) is 39.1 Å². The van der Waals surface area contributed by atoms with Crippen LogP contribution in [0.5, 0.6) is 11.5 Å². The van der Waals surface area contributed by atoms with E-state index in [9.17, 15) is 25.0 Å². The first kappa shape index (κ1) is 23.1. The summed E-state index contributed by atoms with van der Waals surface area (Å²) in [6.45, 7) is 5.38. The number of phenols is 1. The fourth-order valence-corrected chi connectivity index (χ4v) is 1.82. The first-order valence-corrected chi connectivity index (χ1v) is 8.05. The number of hydrogen-bond donors (Lipinski definition) is 2. The van der Waals surface area contributed by atoms with Crippen molar-refractivity contribution in [2.45, 2.75) is 26.4 Å². The average Bonchev–Trinajstić information content (AvgIpc) is 2.61. The lowest BCUT2D eigenvalue weighted by Gasteiger charge is -2.19. The zero-order chi connectivity index (χ0) is 22.2. The highest BCUT2D eigenvalue weighted by Crippen LogP contribution is 2.29. The highest BCUT2D eigenvalue weighted by Gasteiger charge is 2.19. The number of nitrogens with one attached hydrogen (secondary N) is 1. The molecule has 1 aromatic heterocycles. The molecule has 0 radical (unpaired) electrons. The number of amides is 1. The number of nitrogens with zero attached hydrogens (tertiary/aromatic N) is 3. The molecule has 0 fully saturated rings. The molecule has 0 spiro atoms. The van der Waals surface area contributed by atoms with Gasteiger partial charge in [0.1, 0.15) is 5.60 Å². The number of pyridine rings is 1. The fraction of sp³-hybridized carbons (Fsp3) is 0.294. The van der Waals surface area contributed by atoms with Crippen molar-refractivity contribution < 1.29 is 29.2 Å². The molecule has 0 saturated carbocycles. The van der Waals surface area contributed by atoms with Crippen LogP contribution in [0.3, 0.4) is 0 Å². The molecular weight excluding hydrogens is 388 g/mol. The molecule has 12 heteroatoms. The van der Waals surface area contributed by atoms with Crippen LogP contribution in [0.25, 0.3) is 0 Å². The summed E-state index contributed by atoms with van der Waals surface area (Å²) < 4.78 is 10.1. The summed E-state index contributed by atoms with van der Waals surface area (Å²) in [5.74, 6) is 0.253. The molecule has 1 heterocycles. The number of carbonyl (C=O) groups excluding carboxylic acids is 1. The van der Waals surface area contributed by atoms with Crippen LogP contribution in [-0.4, -0.2) is 38.7 Å². The second-order valence-electron chi connectivity index (χ2n) is 6.37. The summed E-state index contributed by atoms with van der Waals surface area (Å²) in [6.07, 6.45) is 1.01. The molecule has 0 atom stereocenters. The maximum atomic E-state index is 11.5. The van der Waals surface area contributed by atoms with E-state index in [4.69, 9.17) is 14.6 Å². The van der Waals surface area contributed by atoms with Crippen LogP contribution in [0.15, 0.2) is 36.5 Å². The Hall–Kier alpha value is -3.96. The van der Waals surface area contributed by atoms with Gasteiger partial charge in [-0.05, 0) is 39.0 Å². The molecule has 0 unspecified atom stereocenters. The molecule has 156 valence electrons. The number of aromatic nitrogens is 1. The lowest BCUT2D eigenvalue weighted by atomic mass is 10.2. The van der Waals surface area contributed by atoms with E-state index < -0.39 is 38.7 Å². The van der Waals surface area contributed by atoms with Crippen LogP contribution >= 0.6 is 0 Å². The number of aromatic hydroxyl groups is 1. The summed E-state index contributed by atoms with van der Waals surface area (Å²) in [5, 5.41) is 31.9. The number of anilines is 1. The number of nitro groups is 2. The van der Waals surface area contributed by atoms with Gasteiger partial charge in [0.15, 0.2) is 17.3 Å². The SMILES string of the molecule is COc1cccnc1NC(=O)OC(C)(C)C.O=[N+]([O-])c1ccc(O)c([N+](=O)[O-])c1. The van der Waals surface area contributed by atoms with Crippen LogP contribution in [0.2, 0.25) is 0 Å². The van der Waals surface area contributed by atoms with Gasteiger partial charge in [0, 0.05) is 12.3 Å². The highest BCUT2D eigenvalue weighted by molar-refractivity contribution is 5.85. The zero-order valence-electron chi connectivity index (χ0n) is 16.1. The highest BCUT2D eigenvalue weighted by atomic mass is 16.6. The third kappa shape index (κ3) is 7.66. The van der Waals surface area contributed by atoms with Gasteiger partial charge in [0.2, 0.25) is 0 Å². The third-order valence-corrected chi connectivity index (χ3v) is 2.98. The molecular formula is C17H20N4O8. The van der Waals surface area contributed by atoms with Gasteiger partial charge in [-0.15, -0.1) is 0 Å². The van der Waals surface area contributed by atoms with Gasteiger partial charge in [0.25, 0.3) is 5.69 Å². The first-order chi connectivity index (χ1) is 13.4. The number of nitro benzene ring substituents is 2. The minimum absolute atomic E-state index is 0.347. The van der Waals surface area contributed by atoms with E-state index in [-0.39, 0.29) is 0 Å². The summed E-state index contributed by atoms with van der Waals surface area (Å²) in [7, 11) is 1.51. The molecule has 0 aliphatic carbocycles. The van der Waals surface area contributed by atoms with Crippen LogP contribution in [0.1, 0.15) is 20.8 Å². The van der Waals surface area contributed by atoms with Gasteiger partial charge < -0.3 is 14.6 Å². The Balaban J connectivity index is 0.000000296. The van der Waals surface area contributed by atoms with Gasteiger partial charge in [-0.25, -0.2) is 9.78 Å². The van der Waals surface area contributed by atoms with Gasteiger partial charge in [-0.3, -0.25) is 25.5 Å². The summed E-state index contributed by atoms with van der Waals surface area (Å²) >= 11 is 0. The summed E-state index contributed by atoms with van der Waals surface area (Å²) in [5.41, 5.74) is -1.63. The molecule has 0 aliphatic heterocycles. The molecule has 0 bridgehead atoms. The van der Waals surface area contributed by atoms with Crippen molar-refractivity contribution in [3.8, 4) is 11.5 Å². The van der Waals surface area contributed by atoms with Gasteiger partial charge in [-0.2, -0.15) is 0 Å². The van der Waals surface area contributed by atoms with E-state index >= 15 is 0 Å². The monoisotopic (exact) mass is 408 g/mol. The van der Waals surface area contributed by atoms with Crippen molar-refractivity contribution in [1.29, 1.82) is 0 Å². The Bertz CT molecular complexity index is 895. The largest absolute Gasteiger partial charge is 0.502 e. The van der Waals surface area contributed by atoms with Crippen molar-refractivity contribution in [2.24, 2.45) is 0 Å². The lowest BCUT2D eigenvalue weighted by Crippen LogP contribution is -2.27. The third-order valence-electron chi connectivity index (χ3n) is 2.98. The number of phenolic OH excluding ortho intramolecular Hbond substituents is 1. The van der Waals surface area contributed by atoms with Crippen LogP contribution in [0.4, 0.5) is 22.0 Å². The van der Waals surface area contributed by atoms with Gasteiger partial charge in [0.05, 0.1) is 23.0 Å². The van der Waals surface area contributed by atoms with Crippen molar-refractivity contribution in [3.63, 3.8) is 0 Å². The van der Waals surface area contributed by atoms with Crippen LogP contribution < -0.4 is 10.1 Å². The molecule has 2 aromatic rings. The fourth-order valence-electron chi connectivity index (χ4n) is 1.82. The molecule has 0 saturated heterocycles. The van der Waals surface area contributed by atoms with Gasteiger partial charge >= 0.3 is 11.8 Å². The number of hydrogen-bond acceptors (Lipinski definition) is 9. The Morgan fingerprint density at radius 3 is 2.34 bits per heavy atom. The smallest absolute Gasteiger partial charge is 0.413 e. The quantitative estimate of drug-likeness (QED) is 0.566. The Morgan fingerprint density at radius 1 is 1.17 bits per heavy atom. The predicted molar refractivity (Wildman–Crippen MR) is 102 cm³/mol. The number of rotatable bonds is 4. The van der Waals surface area contributed by atoms with E-state index in [0.29, 0.717) is 17.6 Å². The maximum absolute atomic E-state index is 11.5. The van der Waals surface area contributed by atoms with Crippen molar-refractivity contribution in [2.75, 3.05) is 12.4 Å². The van der Waals surface area contributed by atoms with Crippen molar-refractivity contribution in [3.05, 3.63) is 56.8 Å². The molecule has 2 rings (SSSR count). The molecule has 0 aliphatic rings. The molecule has 1 aromatic carbocycles. The number of ether oxygens (including phenoxy) is 2. The molecule has 12 nitrogen and oxygen atoms in total. The van der Waals surface area contributed by atoms with Crippen LogP contribution in [0, 0.1) is 20.2 Å². The van der Waals surface area contributed by atoms with Gasteiger partial charge in [-0.1, -0.05) is 0 Å². The molecule has 29 heavy (non-hydrogen) atoms.